The first kappa shape index (κ1) is 18.9. The Balaban J connectivity index is 1.63. The van der Waals surface area contributed by atoms with Gasteiger partial charge < -0.3 is 10.1 Å². The number of ether oxygens (including phenoxy) is 1. The van der Waals surface area contributed by atoms with Crippen LogP contribution < -0.4 is 10.1 Å². The van der Waals surface area contributed by atoms with E-state index in [9.17, 15) is 4.79 Å². The number of hydrogen-bond donors (Lipinski definition) is 1. The molecule has 1 amide bonds. The monoisotopic (exact) mass is 450 g/mol. The van der Waals surface area contributed by atoms with Crippen LogP contribution in [0.3, 0.4) is 0 Å². The third-order valence-electron chi connectivity index (χ3n) is 3.63. The highest BCUT2D eigenvalue weighted by Crippen LogP contribution is 2.29. The molecule has 134 valence electrons. The van der Waals surface area contributed by atoms with E-state index in [4.69, 9.17) is 16.3 Å². The molecule has 0 bridgehead atoms. The Morgan fingerprint density at radius 1 is 1.27 bits per heavy atom. The summed E-state index contributed by atoms with van der Waals surface area (Å²) in [6, 6.07) is 12.7. The minimum atomic E-state index is -0.659. The van der Waals surface area contributed by atoms with Gasteiger partial charge in [-0.15, -0.1) is 11.3 Å². The van der Waals surface area contributed by atoms with Gasteiger partial charge in [-0.25, -0.2) is 4.98 Å². The maximum atomic E-state index is 12.4. The Morgan fingerprint density at radius 3 is 2.62 bits per heavy atom. The van der Waals surface area contributed by atoms with E-state index in [2.05, 4.69) is 26.2 Å². The number of nitrogens with zero attached hydrogens (tertiary/aromatic N) is 1. The fourth-order valence-corrected chi connectivity index (χ4v) is 3.68. The highest BCUT2D eigenvalue weighted by Gasteiger charge is 2.16. The summed E-state index contributed by atoms with van der Waals surface area (Å²) in [6.07, 6.45) is -0.659. The zero-order valence-electron chi connectivity index (χ0n) is 14.1. The Morgan fingerprint density at radius 2 is 2.00 bits per heavy atom. The summed E-state index contributed by atoms with van der Waals surface area (Å²) < 4.78 is 6.41. The number of aryl methyl sites for hydroxylation is 1. The fraction of sp³-hybridized carbons (Fsp3) is 0.158. The van der Waals surface area contributed by atoms with Crippen LogP contribution in [0.25, 0.3) is 11.3 Å². The van der Waals surface area contributed by atoms with Crippen molar-refractivity contribution >= 4 is 50.5 Å². The van der Waals surface area contributed by atoms with Crippen molar-refractivity contribution in [1.29, 1.82) is 0 Å². The van der Waals surface area contributed by atoms with Gasteiger partial charge in [0.25, 0.3) is 5.91 Å². The van der Waals surface area contributed by atoms with Crippen molar-refractivity contribution in [1.82, 2.24) is 4.98 Å². The average molecular weight is 452 g/mol. The molecule has 26 heavy (non-hydrogen) atoms. The molecular weight excluding hydrogens is 436 g/mol. The van der Waals surface area contributed by atoms with Gasteiger partial charge in [-0.05, 0) is 60.1 Å². The van der Waals surface area contributed by atoms with Gasteiger partial charge in [-0.1, -0.05) is 23.7 Å². The van der Waals surface area contributed by atoms with E-state index in [1.807, 2.05) is 36.6 Å². The molecule has 1 N–H and O–H groups in total. The Labute approximate surface area is 169 Å². The lowest BCUT2D eigenvalue weighted by Gasteiger charge is -2.16. The summed E-state index contributed by atoms with van der Waals surface area (Å²) >= 11 is 10.9. The van der Waals surface area contributed by atoms with Gasteiger partial charge in [0.1, 0.15) is 5.75 Å². The predicted molar refractivity (Wildman–Crippen MR) is 110 cm³/mol. The second kappa shape index (κ2) is 8.20. The molecule has 1 unspecified atom stereocenters. The minimum absolute atomic E-state index is 0.232. The first-order chi connectivity index (χ1) is 12.4. The van der Waals surface area contributed by atoms with Crippen molar-refractivity contribution in [3.63, 3.8) is 0 Å². The van der Waals surface area contributed by atoms with Crippen LogP contribution in [0, 0.1) is 6.92 Å². The largest absolute Gasteiger partial charge is 0.480 e. The average Bonchev–Trinajstić information content (AvgIpc) is 3.04. The predicted octanol–water partition coefficient (Wildman–Crippen LogP) is 5.94. The number of anilines is 1. The first-order valence-corrected chi connectivity index (χ1v) is 9.92. The number of benzene rings is 2. The van der Waals surface area contributed by atoms with Crippen molar-refractivity contribution < 1.29 is 9.53 Å². The molecule has 0 aliphatic heterocycles. The molecule has 3 rings (SSSR count). The van der Waals surface area contributed by atoms with Crippen LogP contribution in [0.15, 0.2) is 52.3 Å². The van der Waals surface area contributed by atoms with E-state index >= 15 is 0 Å². The van der Waals surface area contributed by atoms with Crippen molar-refractivity contribution in [2.75, 3.05) is 5.32 Å². The summed E-state index contributed by atoms with van der Waals surface area (Å²) in [7, 11) is 0. The topological polar surface area (TPSA) is 51.2 Å². The molecule has 7 heteroatoms. The summed E-state index contributed by atoms with van der Waals surface area (Å²) in [5.74, 6) is 0.329. The number of halogens is 2. The molecule has 4 nitrogen and oxygen atoms in total. The number of nitrogens with one attached hydrogen (secondary N) is 1. The van der Waals surface area contributed by atoms with Gasteiger partial charge in [0.15, 0.2) is 6.10 Å². The zero-order valence-corrected chi connectivity index (χ0v) is 17.3. The number of hydrogen-bond acceptors (Lipinski definition) is 4. The standard InChI is InChI=1S/C19H16BrClN2O2S/c1-11(25-18-8-5-14(21)9-16(18)20)19(24)23-15-6-3-13(4-7-15)17-10-26-12(2)22-17/h3-11H,1-2H3,(H,23,24). The molecule has 0 aliphatic carbocycles. The lowest BCUT2D eigenvalue weighted by Crippen LogP contribution is -2.30. The Bertz CT molecular complexity index is 928. The maximum absolute atomic E-state index is 12.4. The van der Waals surface area contributed by atoms with Gasteiger partial charge in [-0.2, -0.15) is 0 Å². The lowest BCUT2D eigenvalue weighted by molar-refractivity contribution is -0.122. The third kappa shape index (κ3) is 4.63. The molecule has 0 saturated heterocycles. The maximum Gasteiger partial charge on any atom is 0.265 e. The number of rotatable bonds is 5. The number of amides is 1. The van der Waals surface area contributed by atoms with E-state index in [0.717, 1.165) is 16.3 Å². The highest BCUT2D eigenvalue weighted by atomic mass is 79.9. The lowest BCUT2D eigenvalue weighted by atomic mass is 10.1. The molecule has 1 aromatic heterocycles. The molecule has 0 spiro atoms. The molecule has 1 heterocycles. The number of aromatic nitrogens is 1. The summed E-state index contributed by atoms with van der Waals surface area (Å²) in [6.45, 7) is 3.67. The van der Waals surface area contributed by atoms with Gasteiger partial charge >= 0.3 is 0 Å². The fourth-order valence-electron chi connectivity index (χ4n) is 2.28. The van der Waals surface area contributed by atoms with Crippen LogP contribution in [0.1, 0.15) is 11.9 Å². The third-order valence-corrected chi connectivity index (χ3v) is 5.26. The van der Waals surface area contributed by atoms with Crippen molar-refractivity contribution in [3.8, 4) is 17.0 Å². The number of thiazole rings is 1. The summed E-state index contributed by atoms with van der Waals surface area (Å²) in [5, 5.41) is 6.49. The van der Waals surface area contributed by atoms with Crippen LogP contribution in [0.2, 0.25) is 5.02 Å². The molecule has 0 radical (unpaired) electrons. The van der Waals surface area contributed by atoms with Crippen LogP contribution in [0.4, 0.5) is 5.69 Å². The van der Waals surface area contributed by atoms with Gasteiger partial charge in [0.05, 0.1) is 15.2 Å². The van der Waals surface area contributed by atoms with E-state index in [1.165, 1.54) is 0 Å². The molecule has 0 saturated carbocycles. The van der Waals surface area contributed by atoms with Crippen molar-refractivity contribution in [2.24, 2.45) is 0 Å². The van der Waals surface area contributed by atoms with Gasteiger partial charge in [0.2, 0.25) is 0 Å². The zero-order chi connectivity index (χ0) is 18.7. The number of carbonyl (C=O) groups is 1. The second-order valence-corrected chi connectivity index (χ2v) is 8.01. The molecule has 0 aliphatic rings. The quantitative estimate of drug-likeness (QED) is 0.522. The van der Waals surface area contributed by atoms with Crippen molar-refractivity contribution in [2.45, 2.75) is 20.0 Å². The van der Waals surface area contributed by atoms with E-state index < -0.39 is 6.10 Å². The summed E-state index contributed by atoms with van der Waals surface area (Å²) in [4.78, 5) is 16.8. The van der Waals surface area contributed by atoms with Crippen molar-refractivity contribution in [3.05, 3.63) is 62.3 Å². The van der Waals surface area contributed by atoms with E-state index in [0.29, 0.717) is 20.9 Å². The first-order valence-electron chi connectivity index (χ1n) is 7.87. The van der Waals surface area contributed by atoms with E-state index in [1.54, 1.807) is 36.5 Å². The SMILES string of the molecule is Cc1nc(-c2ccc(NC(=O)C(C)Oc3ccc(Cl)cc3Br)cc2)cs1. The minimum Gasteiger partial charge on any atom is -0.480 e. The number of carbonyl (C=O) groups excluding carboxylic acids is 1. The summed E-state index contributed by atoms with van der Waals surface area (Å²) in [5.41, 5.74) is 2.66. The van der Waals surface area contributed by atoms with Crippen LogP contribution in [0.5, 0.6) is 5.75 Å². The second-order valence-electron chi connectivity index (χ2n) is 5.65. The smallest absolute Gasteiger partial charge is 0.265 e. The highest BCUT2D eigenvalue weighted by molar-refractivity contribution is 9.10. The normalized spacial score (nSPS) is 11.8. The molecule has 2 aromatic carbocycles. The van der Waals surface area contributed by atoms with Gasteiger partial charge in [0, 0.05) is 21.7 Å². The Kier molecular flexibility index (Phi) is 5.96. The molecular formula is C19H16BrClN2O2S. The molecule has 3 aromatic rings. The van der Waals surface area contributed by atoms with E-state index in [-0.39, 0.29) is 5.91 Å². The van der Waals surface area contributed by atoms with Crippen LogP contribution in [-0.4, -0.2) is 17.0 Å². The molecule has 0 fully saturated rings. The van der Waals surface area contributed by atoms with Crippen LogP contribution in [-0.2, 0) is 4.79 Å². The molecule has 1 atom stereocenters. The van der Waals surface area contributed by atoms with Crippen LogP contribution >= 0.6 is 38.9 Å². The Hall–Kier alpha value is -1.89. The van der Waals surface area contributed by atoms with Gasteiger partial charge in [-0.3, -0.25) is 4.79 Å².